The molecule has 0 unspecified atom stereocenters. The van der Waals surface area contributed by atoms with Gasteiger partial charge in [0.15, 0.2) is 5.75 Å². The van der Waals surface area contributed by atoms with Gasteiger partial charge in [0.2, 0.25) is 0 Å². The SMILES string of the molecule is Cc1ccc(O[P+](O)(O)O)cc1. The van der Waals surface area contributed by atoms with Gasteiger partial charge in [0.1, 0.15) is 0 Å². The van der Waals surface area contributed by atoms with E-state index in [-0.39, 0.29) is 5.75 Å². The smallest absolute Gasteiger partial charge is 0.261 e. The third-order valence-corrected chi connectivity index (χ3v) is 1.70. The highest BCUT2D eigenvalue weighted by atomic mass is 31.2. The second-order valence-electron chi connectivity index (χ2n) is 2.42. The maximum Gasteiger partial charge on any atom is 0.613 e. The van der Waals surface area contributed by atoms with Crippen LogP contribution in [0.1, 0.15) is 5.56 Å². The Hall–Kier alpha value is -0.670. The summed E-state index contributed by atoms with van der Waals surface area (Å²) >= 11 is 0. The summed E-state index contributed by atoms with van der Waals surface area (Å²) in [5.41, 5.74) is 1.03. The lowest BCUT2D eigenvalue weighted by Gasteiger charge is -2.03. The molecule has 0 aliphatic rings. The van der Waals surface area contributed by atoms with Crippen LogP contribution in [0.2, 0.25) is 0 Å². The van der Waals surface area contributed by atoms with Gasteiger partial charge in [0.25, 0.3) is 0 Å². The molecule has 0 aromatic heterocycles. The normalized spacial score (nSPS) is 11.3. The third-order valence-electron chi connectivity index (χ3n) is 1.25. The number of hydrogen-bond acceptors (Lipinski definition) is 4. The second-order valence-corrected chi connectivity index (χ2v) is 3.63. The van der Waals surface area contributed by atoms with Gasteiger partial charge in [-0.1, -0.05) is 17.7 Å². The molecule has 1 rings (SSSR count). The van der Waals surface area contributed by atoms with Crippen molar-refractivity contribution in [3.8, 4) is 5.75 Å². The molecule has 0 heterocycles. The van der Waals surface area contributed by atoms with Crippen LogP contribution in [0.3, 0.4) is 0 Å². The van der Waals surface area contributed by atoms with E-state index in [0.717, 1.165) is 5.56 Å². The zero-order valence-electron chi connectivity index (χ0n) is 6.51. The summed E-state index contributed by atoms with van der Waals surface area (Å²) in [6, 6.07) is 6.58. The minimum atomic E-state index is -4.15. The molecule has 0 radical (unpaired) electrons. The molecule has 1 aromatic rings. The van der Waals surface area contributed by atoms with Crippen LogP contribution in [0.5, 0.6) is 5.75 Å². The van der Waals surface area contributed by atoms with E-state index in [1.165, 1.54) is 0 Å². The molecule has 4 nitrogen and oxygen atoms in total. The van der Waals surface area contributed by atoms with Crippen LogP contribution in [0, 0.1) is 6.92 Å². The Morgan fingerprint density at radius 1 is 1.08 bits per heavy atom. The minimum Gasteiger partial charge on any atom is -0.261 e. The van der Waals surface area contributed by atoms with E-state index in [2.05, 4.69) is 4.52 Å². The lowest BCUT2D eigenvalue weighted by molar-refractivity contribution is 0.238. The van der Waals surface area contributed by atoms with E-state index in [1.54, 1.807) is 24.3 Å². The van der Waals surface area contributed by atoms with E-state index >= 15 is 0 Å². The van der Waals surface area contributed by atoms with E-state index in [4.69, 9.17) is 14.7 Å². The molecule has 0 spiro atoms. The molecule has 5 heteroatoms. The Labute approximate surface area is 70.7 Å². The number of benzene rings is 1. The summed E-state index contributed by atoms with van der Waals surface area (Å²) in [5.74, 6) is 0.237. The fourth-order valence-corrected chi connectivity index (χ4v) is 1.15. The van der Waals surface area contributed by atoms with Gasteiger partial charge in [-0.25, -0.2) is 0 Å². The first-order chi connectivity index (χ1) is 5.47. The predicted molar refractivity (Wildman–Crippen MR) is 45.4 cm³/mol. The lowest BCUT2D eigenvalue weighted by atomic mass is 10.2. The fraction of sp³-hybridized carbons (Fsp3) is 0.143. The predicted octanol–water partition coefficient (Wildman–Crippen LogP) is 1.03. The molecule has 0 atom stereocenters. The van der Waals surface area contributed by atoms with Crippen LogP contribution in [0.15, 0.2) is 24.3 Å². The first kappa shape index (κ1) is 9.42. The van der Waals surface area contributed by atoms with Crippen molar-refractivity contribution in [1.29, 1.82) is 0 Å². The average Bonchev–Trinajstić information content (AvgIpc) is 1.91. The van der Waals surface area contributed by atoms with Crippen LogP contribution < -0.4 is 4.52 Å². The van der Waals surface area contributed by atoms with E-state index in [0.29, 0.717) is 0 Å². The highest BCUT2D eigenvalue weighted by Crippen LogP contribution is 2.45. The van der Waals surface area contributed by atoms with Crippen molar-refractivity contribution < 1.29 is 19.2 Å². The lowest BCUT2D eigenvalue weighted by Crippen LogP contribution is -1.97. The van der Waals surface area contributed by atoms with Gasteiger partial charge in [0.05, 0.1) is 0 Å². The zero-order chi connectivity index (χ0) is 9.19. The van der Waals surface area contributed by atoms with Gasteiger partial charge in [0, 0.05) is 0 Å². The molecule has 12 heavy (non-hydrogen) atoms. The van der Waals surface area contributed by atoms with Crippen molar-refractivity contribution >= 4 is 8.17 Å². The first-order valence-electron chi connectivity index (χ1n) is 3.31. The first-order valence-corrected chi connectivity index (χ1v) is 4.87. The number of aryl methyl sites for hydroxylation is 1. The molecule has 0 aliphatic heterocycles. The van der Waals surface area contributed by atoms with Gasteiger partial charge in [-0.15, -0.1) is 0 Å². The summed E-state index contributed by atoms with van der Waals surface area (Å²) < 4.78 is 4.43. The van der Waals surface area contributed by atoms with Crippen LogP contribution in [0.4, 0.5) is 0 Å². The van der Waals surface area contributed by atoms with Crippen molar-refractivity contribution in [2.24, 2.45) is 0 Å². The Morgan fingerprint density at radius 3 is 2.00 bits per heavy atom. The van der Waals surface area contributed by atoms with Gasteiger partial charge in [-0.3, -0.25) is 4.52 Å². The largest absolute Gasteiger partial charge is 0.613 e. The number of rotatable bonds is 2. The van der Waals surface area contributed by atoms with E-state index in [1.807, 2.05) is 6.92 Å². The summed E-state index contributed by atoms with van der Waals surface area (Å²) in [7, 11) is -4.15. The molecule has 0 aliphatic carbocycles. The van der Waals surface area contributed by atoms with Crippen LogP contribution in [-0.2, 0) is 0 Å². The van der Waals surface area contributed by atoms with Crippen LogP contribution in [0.25, 0.3) is 0 Å². The molecule has 66 valence electrons. The Balaban J connectivity index is 2.71. The van der Waals surface area contributed by atoms with Crippen molar-refractivity contribution in [3.63, 3.8) is 0 Å². The van der Waals surface area contributed by atoms with Gasteiger partial charge < -0.3 is 0 Å². The number of hydrogen-bond donors (Lipinski definition) is 3. The van der Waals surface area contributed by atoms with Gasteiger partial charge >= 0.3 is 8.17 Å². The maximum absolute atomic E-state index is 8.54. The molecule has 1 aromatic carbocycles. The highest BCUT2D eigenvalue weighted by molar-refractivity contribution is 7.53. The summed E-state index contributed by atoms with van der Waals surface area (Å²) in [6.45, 7) is 1.89. The molecule has 0 bridgehead atoms. The third kappa shape index (κ3) is 3.15. The summed E-state index contributed by atoms with van der Waals surface area (Å²) in [6.07, 6.45) is 0. The van der Waals surface area contributed by atoms with Crippen molar-refractivity contribution in [2.75, 3.05) is 0 Å². The summed E-state index contributed by atoms with van der Waals surface area (Å²) in [5, 5.41) is 0. The van der Waals surface area contributed by atoms with Gasteiger partial charge in [-0.05, 0) is 19.1 Å². The van der Waals surface area contributed by atoms with Crippen molar-refractivity contribution in [3.05, 3.63) is 29.8 Å². The molecular weight excluding hydrogens is 179 g/mol. The van der Waals surface area contributed by atoms with Crippen molar-refractivity contribution in [2.45, 2.75) is 6.92 Å². The van der Waals surface area contributed by atoms with Gasteiger partial charge in [-0.2, -0.15) is 14.7 Å². The molecule has 0 saturated heterocycles. The summed E-state index contributed by atoms with van der Waals surface area (Å²) in [4.78, 5) is 25.6. The topological polar surface area (TPSA) is 69.9 Å². The monoisotopic (exact) mass is 189 g/mol. The fourth-order valence-electron chi connectivity index (χ4n) is 0.741. The molecule has 3 N–H and O–H groups in total. The molecular formula is C7H10O4P+. The Kier molecular flexibility index (Phi) is 2.65. The maximum atomic E-state index is 8.54. The standard InChI is InChI=1S/C7H10O4P/c1-6-2-4-7(5-3-6)11-12(8,9)10/h2-5,8-10H,1H3/q+1. The Bertz CT molecular complexity index is 251. The average molecular weight is 189 g/mol. The van der Waals surface area contributed by atoms with E-state index < -0.39 is 8.17 Å². The molecule has 0 fully saturated rings. The molecule has 0 saturated carbocycles. The highest BCUT2D eigenvalue weighted by Gasteiger charge is 2.34. The molecule has 0 amide bonds. The minimum absolute atomic E-state index is 0.237. The Morgan fingerprint density at radius 2 is 1.58 bits per heavy atom. The second kappa shape index (κ2) is 3.37. The zero-order valence-corrected chi connectivity index (χ0v) is 7.40. The van der Waals surface area contributed by atoms with Crippen LogP contribution >= 0.6 is 8.17 Å². The quantitative estimate of drug-likeness (QED) is 0.607. The van der Waals surface area contributed by atoms with E-state index in [9.17, 15) is 0 Å². The van der Waals surface area contributed by atoms with Crippen molar-refractivity contribution in [1.82, 2.24) is 0 Å². The van der Waals surface area contributed by atoms with Crippen LogP contribution in [-0.4, -0.2) is 14.7 Å².